The van der Waals surface area contributed by atoms with Crippen LogP contribution in [0.15, 0.2) is 18.2 Å². The summed E-state index contributed by atoms with van der Waals surface area (Å²) in [4.78, 5) is 0. The lowest BCUT2D eigenvalue weighted by Gasteiger charge is -2.37. The van der Waals surface area contributed by atoms with Crippen LogP contribution in [0.5, 0.6) is 0 Å². The summed E-state index contributed by atoms with van der Waals surface area (Å²) in [5.41, 5.74) is 0.947. The molecule has 1 saturated carbocycles. The van der Waals surface area contributed by atoms with Gasteiger partial charge < -0.3 is 0 Å². The van der Waals surface area contributed by atoms with Gasteiger partial charge in [-0.3, -0.25) is 0 Å². The van der Waals surface area contributed by atoms with Gasteiger partial charge in [-0.05, 0) is 61.1 Å². The van der Waals surface area contributed by atoms with E-state index in [4.69, 9.17) is 0 Å². The third kappa shape index (κ3) is 6.41. The summed E-state index contributed by atoms with van der Waals surface area (Å²) in [7, 11) is -0.374. The van der Waals surface area contributed by atoms with Crippen molar-refractivity contribution in [3.8, 4) is 0 Å². The number of hydrogen-bond donors (Lipinski definition) is 0. The monoisotopic (exact) mass is 392 g/mol. The van der Waals surface area contributed by atoms with E-state index in [0.29, 0.717) is 0 Å². The molecule has 1 aliphatic heterocycles. The molecule has 0 radical (unpaired) electrons. The van der Waals surface area contributed by atoms with E-state index in [9.17, 15) is 8.78 Å². The highest BCUT2D eigenvalue weighted by Crippen LogP contribution is 2.42. The zero-order valence-electron chi connectivity index (χ0n) is 17.2. The lowest BCUT2D eigenvalue weighted by Crippen LogP contribution is -2.28. The Morgan fingerprint density at radius 2 is 1.59 bits per heavy atom. The van der Waals surface area contributed by atoms with Gasteiger partial charge in [-0.2, -0.15) is 0 Å². The number of aryl methyl sites for hydroxylation is 1. The SMILES string of the molecule is CCCCC[Si@H]1CC[C@H]([C@H]2CC[C@@H](CCc3ccc(F)c(F)c3)CC2)CC1. The maximum Gasteiger partial charge on any atom is 0.159 e. The van der Waals surface area contributed by atoms with Gasteiger partial charge in [0.2, 0.25) is 0 Å². The molecule has 0 aromatic heterocycles. The molecule has 152 valence electrons. The summed E-state index contributed by atoms with van der Waals surface area (Å²) in [5, 5.41) is 0. The highest BCUT2D eigenvalue weighted by atomic mass is 28.3. The standard InChI is InChI=1S/C24H38F2Si/c1-2-3-4-15-27-16-13-22(14-17-27)21-10-7-19(8-11-21)5-6-20-9-12-23(25)24(26)18-20/h9,12,18-19,21-22,27H,2-8,10-11,13-17H2,1H3/t19-,21+,22-,27-. The molecule has 3 heteroatoms. The third-order valence-electron chi connectivity index (χ3n) is 7.49. The second-order valence-electron chi connectivity index (χ2n) is 9.34. The van der Waals surface area contributed by atoms with Crippen LogP contribution in [-0.4, -0.2) is 8.80 Å². The average Bonchev–Trinajstić information content (AvgIpc) is 2.70. The second kappa shape index (κ2) is 10.7. The maximum atomic E-state index is 13.3. The van der Waals surface area contributed by atoms with Crippen molar-refractivity contribution in [2.24, 2.45) is 17.8 Å². The lowest BCUT2D eigenvalue weighted by atomic mass is 9.73. The zero-order valence-corrected chi connectivity index (χ0v) is 18.4. The summed E-state index contributed by atoms with van der Waals surface area (Å²) >= 11 is 0. The van der Waals surface area contributed by atoms with E-state index in [2.05, 4.69) is 6.92 Å². The largest absolute Gasteiger partial charge is 0.204 e. The molecule has 1 aromatic carbocycles. The van der Waals surface area contributed by atoms with Gasteiger partial charge in [-0.1, -0.05) is 76.1 Å². The van der Waals surface area contributed by atoms with Gasteiger partial charge >= 0.3 is 0 Å². The van der Waals surface area contributed by atoms with Crippen LogP contribution in [0, 0.1) is 29.4 Å². The number of rotatable bonds is 8. The predicted molar refractivity (Wildman–Crippen MR) is 114 cm³/mol. The van der Waals surface area contributed by atoms with Crippen LogP contribution in [0.3, 0.4) is 0 Å². The molecule has 1 aromatic rings. The summed E-state index contributed by atoms with van der Waals surface area (Å²) in [5.74, 6) is 1.35. The predicted octanol–water partition coefficient (Wildman–Crippen LogP) is 7.53. The Kier molecular flexibility index (Phi) is 8.36. The molecular formula is C24H38F2Si. The van der Waals surface area contributed by atoms with Crippen molar-refractivity contribution in [3.05, 3.63) is 35.4 Å². The van der Waals surface area contributed by atoms with Crippen molar-refractivity contribution in [1.29, 1.82) is 0 Å². The van der Waals surface area contributed by atoms with E-state index in [1.54, 1.807) is 24.2 Å². The molecule has 0 unspecified atom stereocenters. The van der Waals surface area contributed by atoms with Crippen LogP contribution in [0.4, 0.5) is 8.78 Å². The molecule has 0 amide bonds. The van der Waals surface area contributed by atoms with Crippen molar-refractivity contribution in [1.82, 2.24) is 0 Å². The molecule has 1 heterocycles. The molecule has 0 atom stereocenters. The molecule has 0 spiro atoms. The highest BCUT2D eigenvalue weighted by Gasteiger charge is 2.30. The first-order valence-electron chi connectivity index (χ1n) is 11.6. The molecule has 0 N–H and O–H groups in total. The van der Waals surface area contributed by atoms with E-state index in [-0.39, 0.29) is 8.80 Å². The normalized spacial score (nSPS) is 29.0. The second-order valence-corrected chi connectivity index (χ2v) is 12.8. The lowest BCUT2D eigenvalue weighted by molar-refractivity contribution is 0.186. The van der Waals surface area contributed by atoms with E-state index >= 15 is 0 Å². The molecule has 1 saturated heterocycles. The fraction of sp³-hybridized carbons (Fsp3) is 0.750. The van der Waals surface area contributed by atoms with Crippen molar-refractivity contribution in [2.45, 2.75) is 95.7 Å². The van der Waals surface area contributed by atoms with Crippen LogP contribution in [0.1, 0.15) is 76.7 Å². The summed E-state index contributed by atoms with van der Waals surface area (Å²) in [6, 6.07) is 9.23. The molecule has 27 heavy (non-hydrogen) atoms. The maximum absolute atomic E-state index is 13.3. The number of halogens is 2. The fourth-order valence-electron chi connectivity index (χ4n) is 5.65. The van der Waals surface area contributed by atoms with Crippen LogP contribution >= 0.6 is 0 Å². The van der Waals surface area contributed by atoms with Gasteiger partial charge in [0.05, 0.1) is 0 Å². The fourth-order valence-corrected chi connectivity index (χ4v) is 9.18. The summed E-state index contributed by atoms with van der Waals surface area (Å²) in [6.45, 7) is 2.31. The number of hydrogen-bond acceptors (Lipinski definition) is 0. The first-order valence-corrected chi connectivity index (χ1v) is 14.0. The minimum absolute atomic E-state index is 0.374. The first-order chi connectivity index (χ1) is 13.2. The van der Waals surface area contributed by atoms with Crippen LogP contribution in [0.25, 0.3) is 0 Å². The van der Waals surface area contributed by atoms with Gasteiger partial charge in [0.1, 0.15) is 0 Å². The molecular weight excluding hydrogens is 354 g/mol. The van der Waals surface area contributed by atoms with Crippen molar-refractivity contribution < 1.29 is 8.78 Å². The number of unbranched alkanes of at least 4 members (excludes halogenated alkanes) is 2. The van der Waals surface area contributed by atoms with Gasteiger partial charge in [-0.25, -0.2) is 8.78 Å². The topological polar surface area (TPSA) is 0 Å². The molecule has 0 nitrogen and oxygen atoms in total. The smallest absolute Gasteiger partial charge is 0.159 e. The van der Waals surface area contributed by atoms with Gasteiger partial charge in [0.15, 0.2) is 11.6 Å². The summed E-state index contributed by atoms with van der Waals surface area (Å²) < 4.78 is 26.4. The van der Waals surface area contributed by atoms with Crippen molar-refractivity contribution >= 4 is 8.80 Å². The Morgan fingerprint density at radius 3 is 2.26 bits per heavy atom. The van der Waals surface area contributed by atoms with E-state index < -0.39 is 11.6 Å². The average molecular weight is 393 g/mol. The number of benzene rings is 1. The Hall–Kier alpha value is -0.703. The van der Waals surface area contributed by atoms with E-state index in [0.717, 1.165) is 36.2 Å². The Labute approximate surface area is 166 Å². The van der Waals surface area contributed by atoms with Gasteiger partial charge in [0, 0.05) is 8.80 Å². The molecule has 1 aliphatic carbocycles. The first kappa shape index (κ1) is 21.0. The summed E-state index contributed by atoms with van der Waals surface area (Å²) in [6.07, 6.45) is 14.9. The van der Waals surface area contributed by atoms with Gasteiger partial charge in [-0.15, -0.1) is 0 Å². The van der Waals surface area contributed by atoms with E-state index in [1.807, 2.05) is 0 Å². The Morgan fingerprint density at radius 1 is 0.889 bits per heavy atom. The molecule has 2 aliphatic rings. The minimum atomic E-state index is -0.734. The Bertz CT molecular complexity index is 557. The van der Waals surface area contributed by atoms with Crippen LogP contribution in [-0.2, 0) is 6.42 Å². The minimum Gasteiger partial charge on any atom is -0.204 e. The van der Waals surface area contributed by atoms with Crippen LogP contribution in [0.2, 0.25) is 18.1 Å². The highest BCUT2D eigenvalue weighted by molar-refractivity contribution is 6.58. The molecule has 0 bridgehead atoms. The van der Waals surface area contributed by atoms with Crippen LogP contribution < -0.4 is 0 Å². The zero-order chi connectivity index (χ0) is 19.1. The molecule has 2 fully saturated rings. The van der Waals surface area contributed by atoms with Crippen molar-refractivity contribution in [2.75, 3.05) is 0 Å². The van der Waals surface area contributed by atoms with E-state index in [1.165, 1.54) is 69.9 Å². The quantitative estimate of drug-likeness (QED) is 0.317. The Balaban J connectivity index is 1.34. The van der Waals surface area contributed by atoms with Crippen molar-refractivity contribution in [3.63, 3.8) is 0 Å². The third-order valence-corrected chi connectivity index (χ3v) is 11.0. The van der Waals surface area contributed by atoms with Gasteiger partial charge in [0.25, 0.3) is 0 Å². The molecule has 3 rings (SSSR count).